The van der Waals surface area contributed by atoms with Crippen LogP contribution in [0.1, 0.15) is 43.6 Å². The Morgan fingerprint density at radius 1 is 1.33 bits per heavy atom. The summed E-state index contributed by atoms with van der Waals surface area (Å²) < 4.78 is 0. The number of thioether (sulfide) groups is 1. The van der Waals surface area contributed by atoms with Crippen LogP contribution < -0.4 is 0 Å². The number of carbonyl (C=O) groups is 1. The second kappa shape index (κ2) is 7.43. The van der Waals surface area contributed by atoms with Crippen LogP contribution in [-0.4, -0.2) is 38.8 Å². The number of imidazole rings is 1. The van der Waals surface area contributed by atoms with Gasteiger partial charge in [0.05, 0.1) is 23.2 Å². The number of rotatable bonds is 4. The maximum Gasteiger partial charge on any atom is 0.236 e. The van der Waals surface area contributed by atoms with Gasteiger partial charge in [-0.15, -0.1) is 0 Å². The summed E-state index contributed by atoms with van der Waals surface area (Å²) in [5, 5.41) is -0.00266. The number of aryl methyl sites for hydroxylation is 1. The van der Waals surface area contributed by atoms with Crippen LogP contribution in [0.2, 0.25) is 0 Å². The van der Waals surface area contributed by atoms with E-state index >= 15 is 0 Å². The zero-order valence-electron chi connectivity index (χ0n) is 14.6. The molecule has 2 atom stereocenters. The zero-order chi connectivity index (χ0) is 17.1. The van der Waals surface area contributed by atoms with Gasteiger partial charge in [0.15, 0.2) is 0 Å². The van der Waals surface area contributed by atoms with Crippen LogP contribution in [0.5, 0.6) is 0 Å². The van der Waals surface area contributed by atoms with E-state index in [1.807, 2.05) is 24.3 Å². The number of aromatic amines is 1. The lowest BCUT2D eigenvalue weighted by Gasteiger charge is -2.36. The highest BCUT2D eigenvalue weighted by Crippen LogP contribution is 2.32. The van der Waals surface area contributed by atoms with Gasteiger partial charge in [0.2, 0.25) is 5.91 Å². The van der Waals surface area contributed by atoms with Crippen LogP contribution in [0.25, 0.3) is 11.3 Å². The molecule has 5 heteroatoms. The van der Waals surface area contributed by atoms with Crippen molar-refractivity contribution in [1.82, 2.24) is 14.9 Å². The second-order valence-electron chi connectivity index (χ2n) is 6.47. The molecule has 24 heavy (non-hydrogen) atoms. The lowest BCUT2D eigenvalue weighted by molar-refractivity contribution is -0.134. The molecule has 128 valence electrons. The van der Waals surface area contributed by atoms with E-state index in [4.69, 9.17) is 0 Å². The van der Waals surface area contributed by atoms with Crippen molar-refractivity contribution >= 4 is 17.7 Å². The number of piperidine rings is 1. The summed E-state index contributed by atoms with van der Waals surface area (Å²) in [4.78, 5) is 22.8. The van der Waals surface area contributed by atoms with Crippen LogP contribution in [0, 0.1) is 6.92 Å². The molecule has 1 fully saturated rings. The molecule has 1 aliphatic heterocycles. The van der Waals surface area contributed by atoms with E-state index in [0.29, 0.717) is 0 Å². The first-order valence-corrected chi connectivity index (χ1v) is 9.84. The van der Waals surface area contributed by atoms with Crippen LogP contribution >= 0.6 is 11.8 Å². The fraction of sp³-hybridized carbons (Fsp3) is 0.474. The lowest BCUT2D eigenvalue weighted by Crippen LogP contribution is -2.42. The number of H-pyrrole nitrogens is 1. The number of aromatic nitrogens is 2. The van der Waals surface area contributed by atoms with Gasteiger partial charge < -0.3 is 9.88 Å². The number of carbonyl (C=O) groups excluding carboxylic acids is 1. The highest BCUT2D eigenvalue weighted by atomic mass is 32.2. The number of amides is 1. The first kappa shape index (κ1) is 17.1. The third-order valence-electron chi connectivity index (χ3n) is 4.76. The molecule has 0 saturated carbocycles. The van der Waals surface area contributed by atoms with Gasteiger partial charge in [-0.2, -0.15) is 11.8 Å². The van der Waals surface area contributed by atoms with Crippen molar-refractivity contribution in [3.63, 3.8) is 0 Å². The zero-order valence-corrected chi connectivity index (χ0v) is 15.4. The van der Waals surface area contributed by atoms with E-state index in [9.17, 15) is 4.79 Å². The van der Waals surface area contributed by atoms with Crippen molar-refractivity contribution in [2.24, 2.45) is 0 Å². The van der Waals surface area contributed by atoms with Crippen molar-refractivity contribution in [1.29, 1.82) is 0 Å². The van der Waals surface area contributed by atoms with Crippen molar-refractivity contribution < 1.29 is 4.79 Å². The van der Waals surface area contributed by atoms with Gasteiger partial charge in [0.25, 0.3) is 0 Å². The first-order valence-electron chi connectivity index (χ1n) is 8.55. The summed E-state index contributed by atoms with van der Waals surface area (Å²) in [6.45, 7) is 4.90. The van der Waals surface area contributed by atoms with Gasteiger partial charge in [-0.05, 0) is 44.9 Å². The predicted octanol–water partition coefficient (Wildman–Crippen LogP) is 4.19. The number of hydrogen-bond acceptors (Lipinski definition) is 3. The average molecular weight is 343 g/mol. The summed E-state index contributed by atoms with van der Waals surface area (Å²) in [7, 11) is 0. The van der Waals surface area contributed by atoms with E-state index in [2.05, 4.69) is 41.2 Å². The van der Waals surface area contributed by atoms with Crippen LogP contribution in [0.3, 0.4) is 0 Å². The van der Waals surface area contributed by atoms with E-state index in [-0.39, 0.29) is 17.2 Å². The molecule has 1 amide bonds. The Hall–Kier alpha value is -1.75. The van der Waals surface area contributed by atoms with Crippen LogP contribution in [-0.2, 0) is 4.79 Å². The Labute approximate surface area is 148 Å². The largest absolute Gasteiger partial charge is 0.340 e. The highest BCUT2D eigenvalue weighted by molar-refractivity contribution is 7.99. The van der Waals surface area contributed by atoms with Crippen molar-refractivity contribution in [3.05, 3.63) is 41.9 Å². The standard InChI is InChI=1S/C19H25N3OS/c1-13-7-9-15(10-8-13)16-12-20-18(21-16)17-6-4-5-11-22(17)19(23)14(2)24-3/h7-10,12,14,17H,4-6,11H2,1-3H3,(H,20,21)/t14?,17-/m0/s1. The van der Waals surface area contributed by atoms with Gasteiger partial charge in [-0.25, -0.2) is 4.98 Å². The van der Waals surface area contributed by atoms with Crippen LogP contribution in [0.15, 0.2) is 30.5 Å². The summed E-state index contributed by atoms with van der Waals surface area (Å²) in [5.41, 5.74) is 3.39. The minimum atomic E-state index is -0.00266. The van der Waals surface area contributed by atoms with Gasteiger partial charge in [0, 0.05) is 6.54 Å². The molecule has 0 bridgehead atoms. The quantitative estimate of drug-likeness (QED) is 0.905. The Morgan fingerprint density at radius 3 is 2.79 bits per heavy atom. The summed E-state index contributed by atoms with van der Waals surface area (Å²) in [5.74, 6) is 1.13. The maximum atomic E-state index is 12.7. The SMILES string of the molecule is CSC(C)C(=O)N1CCCC[C@H]1c1ncc(-c2ccc(C)cc2)[nH]1. The fourth-order valence-electron chi connectivity index (χ4n) is 3.20. The molecule has 0 radical (unpaired) electrons. The fourth-order valence-corrected chi connectivity index (χ4v) is 3.54. The Balaban J connectivity index is 1.84. The number of nitrogens with one attached hydrogen (secondary N) is 1. The second-order valence-corrected chi connectivity index (χ2v) is 7.65. The van der Waals surface area contributed by atoms with Crippen molar-refractivity contribution in [2.45, 2.75) is 44.4 Å². The Morgan fingerprint density at radius 2 is 2.08 bits per heavy atom. The topological polar surface area (TPSA) is 49.0 Å². The lowest BCUT2D eigenvalue weighted by atomic mass is 10.0. The molecule has 2 aromatic rings. The monoisotopic (exact) mass is 343 g/mol. The molecule has 1 N–H and O–H groups in total. The summed E-state index contributed by atoms with van der Waals surface area (Å²) in [6.07, 6.45) is 7.07. The van der Waals surface area contributed by atoms with E-state index in [0.717, 1.165) is 42.9 Å². The third kappa shape index (κ3) is 3.51. The number of hydrogen-bond donors (Lipinski definition) is 1. The molecule has 0 spiro atoms. The van der Waals surface area contributed by atoms with E-state index < -0.39 is 0 Å². The molecule has 1 aromatic carbocycles. The van der Waals surface area contributed by atoms with Gasteiger partial charge in [-0.1, -0.05) is 29.8 Å². The van der Waals surface area contributed by atoms with Crippen LogP contribution in [0.4, 0.5) is 0 Å². The highest BCUT2D eigenvalue weighted by Gasteiger charge is 2.32. The Bertz CT molecular complexity index is 695. The number of likely N-dealkylation sites (tertiary alicyclic amines) is 1. The molecule has 1 aromatic heterocycles. The van der Waals surface area contributed by atoms with E-state index in [1.54, 1.807) is 11.8 Å². The Kier molecular flexibility index (Phi) is 5.29. The smallest absolute Gasteiger partial charge is 0.236 e. The van der Waals surface area contributed by atoms with Gasteiger partial charge in [0.1, 0.15) is 5.82 Å². The normalized spacial score (nSPS) is 19.3. The maximum absolute atomic E-state index is 12.7. The number of benzene rings is 1. The summed E-state index contributed by atoms with van der Waals surface area (Å²) >= 11 is 1.61. The summed E-state index contributed by atoms with van der Waals surface area (Å²) in [6, 6.07) is 8.48. The van der Waals surface area contributed by atoms with Gasteiger partial charge in [-0.3, -0.25) is 4.79 Å². The average Bonchev–Trinajstić information content (AvgIpc) is 3.11. The molecule has 1 aliphatic rings. The molecule has 1 unspecified atom stereocenters. The number of nitrogens with zero attached hydrogens (tertiary/aromatic N) is 2. The predicted molar refractivity (Wildman–Crippen MR) is 100 cm³/mol. The molecular weight excluding hydrogens is 318 g/mol. The first-order chi connectivity index (χ1) is 11.6. The van der Waals surface area contributed by atoms with Crippen molar-refractivity contribution in [2.75, 3.05) is 12.8 Å². The molecule has 0 aliphatic carbocycles. The molecular formula is C19H25N3OS. The molecule has 2 heterocycles. The van der Waals surface area contributed by atoms with Crippen molar-refractivity contribution in [3.8, 4) is 11.3 Å². The minimum absolute atomic E-state index is 0.00266. The van der Waals surface area contributed by atoms with Gasteiger partial charge >= 0.3 is 0 Å². The molecule has 4 nitrogen and oxygen atoms in total. The molecule has 1 saturated heterocycles. The third-order valence-corrected chi connectivity index (χ3v) is 5.67. The molecule has 3 rings (SSSR count). The van der Waals surface area contributed by atoms with E-state index in [1.165, 1.54) is 5.56 Å². The minimum Gasteiger partial charge on any atom is -0.340 e.